The SMILES string of the molecule is COc1ccc2c(c1)CCNC21CCN(C(=O)NC2C3CC4CC(C3)CC2C4)CC1. The first-order valence-electron chi connectivity index (χ1n) is 12.1. The van der Waals surface area contributed by atoms with Gasteiger partial charge in [-0.1, -0.05) is 6.07 Å². The maximum atomic E-state index is 13.2. The molecule has 6 aliphatic rings. The number of nitrogens with one attached hydrogen (secondary N) is 2. The van der Waals surface area contributed by atoms with E-state index in [1.165, 1.54) is 43.2 Å². The molecule has 1 aromatic rings. The van der Waals surface area contributed by atoms with Gasteiger partial charge in [0.2, 0.25) is 0 Å². The van der Waals surface area contributed by atoms with Crippen molar-refractivity contribution >= 4 is 6.03 Å². The first kappa shape index (κ1) is 19.0. The van der Waals surface area contributed by atoms with Crippen LogP contribution in [0.25, 0.3) is 0 Å². The smallest absolute Gasteiger partial charge is 0.317 e. The lowest BCUT2D eigenvalue weighted by Crippen LogP contribution is -2.60. The Hall–Kier alpha value is -1.75. The number of urea groups is 1. The van der Waals surface area contributed by atoms with Crippen LogP contribution in [-0.2, 0) is 12.0 Å². The van der Waals surface area contributed by atoms with E-state index in [2.05, 4.69) is 33.7 Å². The van der Waals surface area contributed by atoms with Crippen LogP contribution in [0.5, 0.6) is 5.75 Å². The highest BCUT2D eigenvalue weighted by Crippen LogP contribution is 2.53. The lowest BCUT2D eigenvalue weighted by Gasteiger charge is -2.54. The summed E-state index contributed by atoms with van der Waals surface area (Å²) in [6.45, 7) is 2.66. The highest BCUT2D eigenvalue weighted by molar-refractivity contribution is 5.75. The van der Waals surface area contributed by atoms with Crippen LogP contribution < -0.4 is 15.4 Å². The van der Waals surface area contributed by atoms with Crippen LogP contribution in [0.2, 0.25) is 0 Å². The first-order chi connectivity index (χ1) is 14.6. The number of ether oxygens (including phenoxy) is 1. The minimum atomic E-state index is 0.0132. The molecule has 0 atom stereocenters. The zero-order chi connectivity index (χ0) is 20.3. The van der Waals surface area contributed by atoms with Gasteiger partial charge in [-0.05, 0) is 98.3 Å². The number of hydrogen-bond acceptors (Lipinski definition) is 3. The Labute approximate surface area is 179 Å². The Kier molecular flexibility index (Phi) is 4.52. The van der Waals surface area contributed by atoms with Gasteiger partial charge in [-0.15, -0.1) is 0 Å². The number of rotatable bonds is 2. The van der Waals surface area contributed by atoms with Gasteiger partial charge in [0.25, 0.3) is 0 Å². The summed E-state index contributed by atoms with van der Waals surface area (Å²) in [6, 6.07) is 7.14. The summed E-state index contributed by atoms with van der Waals surface area (Å²) < 4.78 is 5.44. The first-order valence-corrected chi connectivity index (χ1v) is 12.1. The molecule has 2 heterocycles. The number of piperidine rings is 1. The number of benzene rings is 1. The molecule has 4 bridgehead atoms. The Bertz CT molecular complexity index is 802. The predicted molar refractivity (Wildman–Crippen MR) is 117 cm³/mol. The molecule has 4 saturated carbocycles. The van der Waals surface area contributed by atoms with Gasteiger partial charge >= 0.3 is 6.03 Å². The fraction of sp³-hybridized carbons (Fsp3) is 0.720. The molecular formula is C25H35N3O2. The zero-order valence-electron chi connectivity index (χ0n) is 18.2. The Morgan fingerprint density at radius 3 is 2.47 bits per heavy atom. The number of fused-ring (bicyclic) bond motifs is 2. The molecule has 1 aromatic carbocycles. The van der Waals surface area contributed by atoms with Gasteiger partial charge in [-0.25, -0.2) is 4.79 Å². The van der Waals surface area contributed by atoms with Crippen molar-refractivity contribution in [2.45, 2.75) is 62.9 Å². The molecule has 30 heavy (non-hydrogen) atoms. The monoisotopic (exact) mass is 409 g/mol. The van der Waals surface area contributed by atoms with Crippen molar-refractivity contribution in [3.05, 3.63) is 29.3 Å². The maximum absolute atomic E-state index is 13.2. The van der Waals surface area contributed by atoms with Crippen molar-refractivity contribution < 1.29 is 9.53 Å². The van der Waals surface area contributed by atoms with Gasteiger partial charge in [-0.3, -0.25) is 0 Å². The summed E-state index contributed by atoms with van der Waals surface area (Å²) in [5.41, 5.74) is 2.83. The van der Waals surface area contributed by atoms with Crippen LogP contribution in [0.1, 0.15) is 56.1 Å². The number of carbonyl (C=O) groups is 1. The summed E-state index contributed by atoms with van der Waals surface area (Å²) >= 11 is 0. The van der Waals surface area contributed by atoms with E-state index in [9.17, 15) is 4.79 Å². The third-order valence-electron chi connectivity index (χ3n) is 9.11. The average molecular weight is 410 g/mol. The quantitative estimate of drug-likeness (QED) is 0.784. The lowest BCUT2D eigenvalue weighted by molar-refractivity contribution is -0.0116. The molecule has 7 rings (SSSR count). The molecule has 0 unspecified atom stereocenters. The van der Waals surface area contributed by atoms with Crippen molar-refractivity contribution in [3.8, 4) is 5.75 Å². The van der Waals surface area contributed by atoms with Crippen molar-refractivity contribution in [1.82, 2.24) is 15.5 Å². The second-order valence-electron chi connectivity index (χ2n) is 10.7. The largest absolute Gasteiger partial charge is 0.497 e. The van der Waals surface area contributed by atoms with Crippen molar-refractivity contribution in [2.24, 2.45) is 23.7 Å². The van der Waals surface area contributed by atoms with Gasteiger partial charge < -0.3 is 20.3 Å². The molecule has 2 N–H and O–H groups in total. The van der Waals surface area contributed by atoms with Crippen LogP contribution >= 0.6 is 0 Å². The number of likely N-dealkylation sites (tertiary alicyclic amines) is 1. The number of nitrogens with zero attached hydrogens (tertiary/aromatic N) is 1. The van der Waals surface area contributed by atoms with Crippen molar-refractivity contribution in [3.63, 3.8) is 0 Å². The van der Waals surface area contributed by atoms with Crippen LogP contribution in [0.4, 0.5) is 4.79 Å². The number of amides is 2. The van der Waals surface area contributed by atoms with Gasteiger partial charge in [0, 0.05) is 31.2 Å². The van der Waals surface area contributed by atoms with E-state index in [0.717, 1.165) is 68.3 Å². The van der Waals surface area contributed by atoms with E-state index >= 15 is 0 Å². The molecule has 162 valence electrons. The van der Waals surface area contributed by atoms with Gasteiger partial charge in [-0.2, -0.15) is 0 Å². The highest BCUT2D eigenvalue weighted by Gasteiger charge is 2.49. The molecule has 5 nitrogen and oxygen atoms in total. The number of carbonyl (C=O) groups excluding carboxylic acids is 1. The molecule has 2 aliphatic heterocycles. The van der Waals surface area contributed by atoms with Gasteiger partial charge in [0.1, 0.15) is 5.75 Å². The van der Waals surface area contributed by atoms with E-state index in [4.69, 9.17) is 4.74 Å². The Morgan fingerprint density at radius 1 is 1.10 bits per heavy atom. The zero-order valence-corrected chi connectivity index (χ0v) is 18.2. The Balaban J connectivity index is 1.12. The normalized spacial score (nSPS) is 35.9. The average Bonchev–Trinajstić information content (AvgIpc) is 2.76. The van der Waals surface area contributed by atoms with Crippen LogP contribution in [0.15, 0.2) is 18.2 Å². The summed E-state index contributed by atoms with van der Waals surface area (Å²) in [5, 5.41) is 7.32. The second kappa shape index (κ2) is 7.15. The molecule has 5 fully saturated rings. The molecule has 1 spiro atoms. The third-order valence-corrected chi connectivity index (χ3v) is 9.11. The van der Waals surface area contributed by atoms with Crippen LogP contribution in [-0.4, -0.2) is 43.7 Å². The van der Waals surface area contributed by atoms with Gasteiger partial charge in [0.15, 0.2) is 0 Å². The van der Waals surface area contributed by atoms with E-state index in [0.29, 0.717) is 6.04 Å². The van der Waals surface area contributed by atoms with Gasteiger partial charge in [0.05, 0.1) is 7.11 Å². The minimum Gasteiger partial charge on any atom is -0.497 e. The summed E-state index contributed by atoms with van der Waals surface area (Å²) in [7, 11) is 1.74. The van der Waals surface area contributed by atoms with E-state index in [1.54, 1.807) is 7.11 Å². The van der Waals surface area contributed by atoms with Crippen LogP contribution in [0.3, 0.4) is 0 Å². The molecule has 4 aliphatic carbocycles. The molecule has 5 heteroatoms. The Morgan fingerprint density at radius 2 is 1.80 bits per heavy atom. The van der Waals surface area contributed by atoms with Crippen molar-refractivity contribution in [2.75, 3.05) is 26.7 Å². The molecule has 0 aromatic heterocycles. The topological polar surface area (TPSA) is 53.6 Å². The fourth-order valence-corrected chi connectivity index (χ4v) is 7.83. The van der Waals surface area contributed by atoms with E-state index in [1.807, 2.05) is 0 Å². The highest BCUT2D eigenvalue weighted by atomic mass is 16.5. The molecule has 2 amide bonds. The van der Waals surface area contributed by atoms with E-state index in [-0.39, 0.29) is 11.6 Å². The summed E-state index contributed by atoms with van der Waals surface area (Å²) in [4.78, 5) is 15.2. The predicted octanol–water partition coefficient (Wildman–Crippen LogP) is 3.67. The molecule has 0 radical (unpaired) electrons. The fourth-order valence-electron chi connectivity index (χ4n) is 7.83. The number of methoxy groups -OCH3 is 1. The minimum absolute atomic E-state index is 0.0132. The molecule has 1 saturated heterocycles. The second-order valence-corrected chi connectivity index (χ2v) is 10.7. The lowest BCUT2D eigenvalue weighted by atomic mass is 9.54. The summed E-state index contributed by atoms with van der Waals surface area (Å²) in [5.74, 6) is 4.32. The third kappa shape index (κ3) is 3.04. The van der Waals surface area contributed by atoms with Crippen LogP contribution in [0, 0.1) is 23.7 Å². The van der Waals surface area contributed by atoms with E-state index < -0.39 is 0 Å². The maximum Gasteiger partial charge on any atom is 0.317 e. The standard InChI is InChI=1S/C25H35N3O2/c1-30-21-2-3-22-18(15-21)4-7-26-25(22)5-8-28(9-6-25)24(29)27-23-19-11-16-10-17(13-19)14-20(23)12-16/h2-3,15-17,19-20,23,26H,4-14H2,1H3,(H,27,29). The molecular weight excluding hydrogens is 374 g/mol. The van der Waals surface area contributed by atoms with Crippen molar-refractivity contribution in [1.29, 1.82) is 0 Å². The number of hydrogen-bond donors (Lipinski definition) is 2. The summed E-state index contributed by atoms with van der Waals surface area (Å²) in [6.07, 6.45) is 9.89.